The van der Waals surface area contributed by atoms with Gasteiger partial charge in [0, 0.05) is 12.8 Å². The van der Waals surface area contributed by atoms with Crippen molar-refractivity contribution in [2.24, 2.45) is 0 Å². The van der Waals surface area contributed by atoms with E-state index in [9.17, 15) is 0 Å². The molecular formula is C13H17N3OS. The average Bonchev–Trinajstić information content (AvgIpc) is 2.85. The highest BCUT2D eigenvalue weighted by Crippen LogP contribution is 2.28. The van der Waals surface area contributed by atoms with E-state index < -0.39 is 0 Å². The van der Waals surface area contributed by atoms with Crippen molar-refractivity contribution in [3.05, 3.63) is 22.6 Å². The summed E-state index contributed by atoms with van der Waals surface area (Å²) in [6.45, 7) is 5.79. The van der Waals surface area contributed by atoms with Gasteiger partial charge in [-0.1, -0.05) is 0 Å². The first kappa shape index (κ1) is 11.9. The van der Waals surface area contributed by atoms with Crippen LogP contribution in [0.15, 0.2) is 12.3 Å². The van der Waals surface area contributed by atoms with E-state index >= 15 is 0 Å². The van der Waals surface area contributed by atoms with Crippen LogP contribution in [0.4, 0.5) is 0 Å². The van der Waals surface area contributed by atoms with Crippen LogP contribution >= 0.6 is 12.2 Å². The second kappa shape index (κ2) is 4.17. The molecule has 0 amide bonds. The van der Waals surface area contributed by atoms with Gasteiger partial charge in [0.1, 0.15) is 0 Å². The number of aryl methyl sites for hydroxylation is 1. The molecule has 2 aromatic heterocycles. The maximum atomic E-state index is 5.83. The quantitative estimate of drug-likeness (QED) is 0.847. The van der Waals surface area contributed by atoms with Gasteiger partial charge in [-0.2, -0.15) is 0 Å². The average molecular weight is 263 g/mol. The van der Waals surface area contributed by atoms with Crippen molar-refractivity contribution in [3.8, 4) is 0 Å². The molecule has 1 unspecified atom stereocenters. The molecular weight excluding hydrogens is 246 g/mol. The molecule has 0 radical (unpaired) electrons. The Morgan fingerprint density at radius 3 is 3.17 bits per heavy atom. The fraction of sp³-hybridized carbons (Fsp3) is 0.538. The zero-order valence-corrected chi connectivity index (χ0v) is 11.5. The molecule has 18 heavy (non-hydrogen) atoms. The van der Waals surface area contributed by atoms with Gasteiger partial charge in [0.2, 0.25) is 0 Å². The van der Waals surface area contributed by atoms with Crippen molar-refractivity contribution >= 4 is 23.4 Å². The van der Waals surface area contributed by atoms with Gasteiger partial charge < -0.3 is 9.72 Å². The number of hydrogen-bond acceptors (Lipinski definition) is 3. The summed E-state index contributed by atoms with van der Waals surface area (Å²) in [7, 11) is 0. The van der Waals surface area contributed by atoms with Gasteiger partial charge in [-0.05, 0) is 50.5 Å². The van der Waals surface area contributed by atoms with Crippen LogP contribution in [0, 0.1) is 11.7 Å². The highest BCUT2D eigenvalue weighted by atomic mass is 32.1. The molecule has 1 atom stereocenters. The van der Waals surface area contributed by atoms with Crippen LogP contribution in [0.3, 0.4) is 0 Å². The maximum absolute atomic E-state index is 5.83. The van der Waals surface area contributed by atoms with E-state index in [0.29, 0.717) is 0 Å². The van der Waals surface area contributed by atoms with Gasteiger partial charge >= 0.3 is 0 Å². The topological polar surface area (TPSA) is 42.8 Å². The minimum absolute atomic E-state index is 0.111. The smallest absolute Gasteiger partial charge is 0.179 e. The van der Waals surface area contributed by atoms with Gasteiger partial charge in [0.25, 0.3) is 0 Å². The van der Waals surface area contributed by atoms with Crippen molar-refractivity contribution in [1.82, 2.24) is 14.5 Å². The van der Waals surface area contributed by atoms with Gasteiger partial charge in [-0.25, -0.2) is 4.98 Å². The van der Waals surface area contributed by atoms with Crippen LogP contribution in [-0.4, -0.2) is 26.7 Å². The van der Waals surface area contributed by atoms with Crippen LogP contribution < -0.4 is 0 Å². The molecule has 0 aliphatic carbocycles. The number of aromatic nitrogens is 3. The maximum Gasteiger partial charge on any atom is 0.179 e. The van der Waals surface area contributed by atoms with Crippen molar-refractivity contribution in [2.75, 3.05) is 6.61 Å². The molecule has 1 aliphatic heterocycles. The second-order valence-electron chi connectivity index (χ2n) is 5.30. The number of imidazole rings is 1. The lowest BCUT2D eigenvalue weighted by atomic mass is 10.0. The van der Waals surface area contributed by atoms with Crippen molar-refractivity contribution in [1.29, 1.82) is 0 Å². The Morgan fingerprint density at radius 1 is 1.61 bits per heavy atom. The third-order valence-electron chi connectivity index (χ3n) is 3.54. The summed E-state index contributed by atoms with van der Waals surface area (Å²) in [6.07, 6.45) is 4.07. The summed E-state index contributed by atoms with van der Waals surface area (Å²) in [4.78, 5) is 7.70. The number of H-pyrrole nitrogens is 1. The fourth-order valence-electron chi connectivity index (χ4n) is 2.59. The lowest BCUT2D eigenvalue weighted by Crippen LogP contribution is -2.29. The Kier molecular flexibility index (Phi) is 2.75. The standard InChI is InChI=1S/C13H17N3OS/c1-9-6-10-11(14-7-9)16(12(18)15-10)8-13(2)4-3-5-17-13/h6-7H,3-5,8H2,1-2H3,(H,15,18). The van der Waals surface area contributed by atoms with Crippen LogP contribution in [0.25, 0.3) is 11.2 Å². The summed E-state index contributed by atoms with van der Waals surface area (Å²) in [5, 5.41) is 0. The molecule has 5 heteroatoms. The third kappa shape index (κ3) is 1.97. The van der Waals surface area contributed by atoms with Gasteiger partial charge in [-0.3, -0.25) is 4.57 Å². The van der Waals surface area contributed by atoms with Gasteiger partial charge in [0.05, 0.1) is 17.7 Å². The lowest BCUT2D eigenvalue weighted by molar-refractivity contribution is 0.00668. The first-order valence-corrected chi connectivity index (χ1v) is 6.67. The zero-order chi connectivity index (χ0) is 12.8. The highest BCUT2D eigenvalue weighted by Gasteiger charge is 2.31. The summed E-state index contributed by atoms with van der Waals surface area (Å²) >= 11 is 5.39. The number of ether oxygens (including phenoxy) is 1. The molecule has 3 heterocycles. The molecule has 0 bridgehead atoms. The molecule has 0 saturated carbocycles. The van der Waals surface area contributed by atoms with Crippen molar-refractivity contribution in [3.63, 3.8) is 0 Å². The Hall–Kier alpha value is -1.20. The predicted octanol–water partition coefficient (Wildman–Crippen LogP) is 2.97. The SMILES string of the molecule is Cc1cnc2c(c1)[nH]c(=S)n2CC1(C)CCCO1. The zero-order valence-electron chi connectivity index (χ0n) is 10.7. The number of aromatic amines is 1. The normalized spacial score (nSPS) is 23.9. The molecule has 2 aromatic rings. The second-order valence-corrected chi connectivity index (χ2v) is 5.69. The van der Waals surface area contributed by atoms with E-state index in [4.69, 9.17) is 17.0 Å². The minimum atomic E-state index is -0.111. The first-order valence-electron chi connectivity index (χ1n) is 6.27. The molecule has 0 aromatic carbocycles. The number of pyridine rings is 1. The fourth-order valence-corrected chi connectivity index (χ4v) is 2.85. The monoisotopic (exact) mass is 263 g/mol. The molecule has 1 fully saturated rings. The predicted molar refractivity (Wildman–Crippen MR) is 73.2 cm³/mol. The van der Waals surface area contributed by atoms with Gasteiger partial charge in [0.15, 0.2) is 10.4 Å². The molecule has 1 N–H and O–H groups in total. The van der Waals surface area contributed by atoms with E-state index in [-0.39, 0.29) is 5.60 Å². The Labute approximate surface area is 111 Å². The van der Waals surface area contributed by atoms with E-state index in [2.05, 4.69) is 27.5 Å². The molecule has 4 nitrogen and oxygen atoms in total. The third-order valence-corrected chi connectivity index (χ3v) is 3.86. The number of hydrogen-bond donors (Lipinski definition) is 1. The summed E-state index contributed by atoms with van der Waals surface area (Å²) < 4.78 is 8.61. The van der Waals surface area contributed by atoms with Crippen molar-refractivity contribution < 1.29 is 4.74 Å². The van der Waals surface area contributed by atoms with Crippen LogP contribution in [0.1, 0.15) is 25.3 Å². The van der Waals surface area contributed by atoms with Gasteiger partial charge in [-0.15, -0.1) is 0 Å². The Balaban J connectivity index is 2.06. The molecule has 1 saturated heterocycles. The van der Waals surface area contributed by atoms with E-state index in [1.165, 1.54) is 0 Å². The largest absolute Gasteiger partial charge is 0.373 e. The minimum Gasteiger partial charge on any atom is -0.373 e. The Bertz CT molecular complexity index is 637. The van der Waals surface area contributed by atoms with E-state index in [0.717, 1.165) is 47.5 Å². The van der Waals surface area contributed by atoms with Crippen molar-refractivity contribution in [2.45, 2.75) is 38.8 Å². The highest BCUT2D eigenvalue weighted by molar-refractivity contribution is 7.71. The summed E-state index contributed by atoms with van der Waals surface area (Å²) in [5.41, 5.74) is 2.94. The molecule has 96 valence electrons. The summed E-state index contributed by atoms with van der Waals surface area (Å²) in [5.74, 6) is 0. The number of rotatable bonds is 2. The molecule has 0 spiro atoms. The number of fused-ring (bicyclic) bond motifs is 1. The lowest BCUT2D eigenvalue weighted by Gasteiger charge is -2.23. The van der Waals surface area contributed by atoms with E-state index in [1.54, 1.807) is 0 Å². The molecule has 1 aliphatic rings. The number of nitrogens with zero attached hydrogens (tertiary/aromatic N) is 2. The number of nitrogens with one attached hydrogen (secondary N) is 1. The first-order chi connectivity index (χ1) is 8.57. The van der Waals surface area contributed by atoms with Crippen LogP contribution in [0.2, 0.25) is 0 Å². The van der Waals surface area contributed by atoms with Crippen LogP contribution in [0.5, 0.6) is 0 Å². The van der Waals surface area contributed by atoms with E-state index in [1.807, 2.05) is 13.1 Å². The summed E-state index contributed by atoms with van der Waals surface area (Å²) in [6, 6.07) is 2.08. The Morgan fingerprint density at radius 2 is 2.44 bits per heavy atom. The molecule has 3 rings (SSSR count). The van der Waals surface area contributed by atoms with Crippen LogP contribution in [-0.2, 0) is 11.3 Å².